The van der Waals surface area contributed by atoms with E-state index in [0.717, 1.165) is 43.4 Å². The standard InChI is InChI=1S/C17H26O2/c1-15(2)10-16(15,3)14(18)19-17-7-11-4-12(8-17)6-13(5-11)9-17/h11-13H,4-10H2,1-3H3. The number of carbonyl (C=O) groups excluding carboxylic acids is 1. The molecule has 5 saturated carbocycles. The van der Waals surface area contributed by atoms with E-state index in [0.29, 0.717) is 0 Å². The SMILES string of the molecule is CC1(C)CC1(C)C(=O)OC12CC3CC(CC(C3)C1)C2. The third-order valence-corrected chi connectivity index (χ3v) is 6.91. The van der Waals surface area contributed by atoms with Gasteiger partial charge < -0.3 is 4.74 Å². The predicted molar refractivity (Wildman–Crippen MR) is 73.5 cm³/mol. The average Bonchev–Trinajstić information content (AvgIpc) is 2.76. The minimum Gasteiger partial charge on any atom is -0.459 e. The molecular weight excluding hydrogens is 236 g/mol. The van der Waals surface area contributed by atoms with Gasteiger partial charge in [-0.05, 0) is 75.0 Å². The summed E-state index contributed by atoms with van der Waals surface area (Å²) in [4.78, 5) is 12.6. The van der Waals surface area contributed by atoms with Crippen LogP contribution >= 0.6 is 0 Å². The van der Waals surface area contributed by atoms with Gasteiger partial charge in [0.15, 0.2) is 0 Å². The molecule has 5 fully saturated rings. The van der Waals surface area contributed by atoms with Gasteiger partial charge in [0.1, 0.15) is 5.60 Å². The Kier molecular flexibility index (Phi) is 2.17. The van der Waals surface area contributed by atoms with Crippen molar-refractivity contribution in [3.8, 4) is 0 Å². The summed E-state index contributed by atoms with van der Waals surface area (Å²) >= 11 is 0. The second-order valence-electron chi connectivity index (χ2n) is 8.88. The van der Waals surface area contributed by atoms with Gasteiger partial charge in [-0.1, -0.05) is 13.8 Å². The van der Waals surface area contributed by atoms with E-state index in [4.69, 9.17) is 4.74 Å². The molecule has 0 spiro atoms. The van der Waals surface area contributed by atoms with E-state index >= 15 is 0 Å². The molecule has 0 saturated heterocycles. The Bertz CT molecular complexity index is 401. The lowest BCUT2D eigenvalue weighted by Gasteiger charge is -2.56. The quantitative estimate of drug-likeness (QED) is 0.705. The largest absolute Gasteiger partial charge is 0.459 e. The molecule has 5 aliphatic rings. The van der Waals surface area contributed by atoms with Gasteiger partial charge in [0.25, 0.3) is 0 Å². The summed E-state index contributed by atoms with van der Waals surface area (Å²) in [6, 6.07) is 0. The van der Waals surface area contributed by atoms with E-state index in [1.54, 1.807) is 0 Å². The van der Waals surface area contributed by atoms with Crippen molar-refractivity contribution in [3.05, 3.63) is 0 Å². The Labute approximate surface area is 116 Å². The molecule has 4 bridgehead atoms. The number of hydrogen-bond acceptors (Lipinski definition) is 2. The van der Waals surface area contributed by atoms with Crippen molar-refractivity contribution in [2.45, 2.75) is 71.3 Å². The summed E-state index contributed by atoms with van der Waals surface area (Å²) in [5.41, 5.74) is -0.129. The number of esters is 1. The molecule has 19 heavy (non-hydrogen) atoms. The molecule has 1 unspecified atom stereocenters. The van der Waals surface area contributed by atoms with Gasteiger partial charge in [-0.25, -0.2) is 0 Å². The van der Waals surface area contributed by atoms with Gasteiger partial charge in [-0.2, -0.15) is 0 Å². The topological polar surface area (TPSA) is 26.3 Å². The molecule has 0 radical (unpaired) electrons. The number of rotatable bonds is 2. The van der Waals surface area contributed by atoms with Crippen molar-refractivity contribution in [1.82, 2.24) is 0 Å². The van der Waals surface area contributed by atoms with E-state index in [-0.39, 0.29) is 22.4 Å². The van der Waals surface area contributed by atoms with Crippen LogP contribution in [0.15, 0.2) is 0 Å². The molecule has 5 aliphatic carbocycles. The minimum atomic E-state index is -0.212. The zero-order chi connectivity index (χ0) is 13.5. The van der Waals surface area contributed by atoms with Crippen LogP contribution in [-0.4, -0.2) is 11.6 Å². The predicted octanol–water partition coefficient (Wildman–Crippen LogP) is 3.93. The maximum Gasteiger partial charge on any atom is 0.312 e. The first-order valence-electron chi connectivity index (χ1n) is 8.05. The Morgan fingerprint density at radius 3 is 1.74 bits per heavy atom. The first-order chi connectivity index (χ1) is 8.82. The highest BCUT2D eigenvalue weighted by Gasteiger charge is 2.65. The van der Waals surface area contributed by atoms with Crippen LogP contribution in [0.4, 0.5) is 0 Å². The van der Waals surface area contributed by atoms with Gasteiger partial charge >= 0.3 is 5.97 Å². The smallest absolute Gasteiger partial charge is 0.312 e. The fourth-order valence-corrected chi connectivity index (χ4v) is 5.65. The molecule has 2 heteroatoms. The van der Waals surface area contributed by atoms with Crippen LogP contribution in [0, 0.1) is 28.6 Å². The summed E-state index contributed by atoms with van der Waals surface area (Å²) in [5.74, 6) is 2.64. The maximum atomic E-state index is 12.6. The lowest BCUT2D eigenvalue weighted by Crippen LogP contribution is -2.53. The Morgan fingerprint density at radius 1 is 0.947 bits per heavy atom. The Balaban J connectivity index is 1.53. The Morgan fingerprint density at radius 2 is 1.37 bits per heavy atom. The molecule has 0 heterocycles. The molecule has 0 aromatic rings. The lowest BCUT2D eigenvalue weighted by atomic mass is 9.54. The second kappa shape index (κ2) is 3.38. The first-order valence-corrected chi connectivity index (χ1v) is 8.05. The van der Waals surface area contributed by atoms with Crippen molar-refractivity contribution in [3.63, 3.8) is 0 Å². The van der Waals surface area contributed by atoms with Crippen LogP contribution < -0.4 is 0 Å². The van der Waals surface area contributed by atoms with Crippen LogP contribution in [-0.2, 0) is 9.53 Å². The second-order valence-corrected chi connectivity index (χ2v) is 8.88. The van der Waals surface area contributed by atoms with Gasteiger partial charge in [0.2, 0.25) is 0 Å². The zero-order valence-electron chi connectivity index (χ0n) is 12.5. The van der Waals surface area contributed by atoms with Crippen LogP contribution in [0.25, 0.3) is 0 Å². The average molecular weight is 262 g/mol. The molecule has 5 rings (SSSR count). The van der Waals surface area contributed by atoms with Gasteiger partial charge in [-0.3, -0.25) is 4.79 Å². The van der Waals surface area contributed by atoms with Crippen molar-refractivity contribution in [2.75, 3.05) is 0 Å². The molecule has 0 aromatic carbocycles. The molecule has 2 nitrogen and oxygen atoms in total. The summed E-state index contributed by atoms with van der Waals surface area (Å²) in [6.07, 6.45) is 8.66. The summed E-state index contributed by atoms with van der Waals surface area (Å²) in [7, 11) is 0. The monoisotopic (exact) mass is 262 g/mol. The normalized spacial score (nSPS) is 53.1. The third kappa shape index (κ3) is 1.64. The first kappa shape index (κ1) is 12.2. The lowest BCUT2D eigenvalue weighted by molar-refractivity contribution is -0.193. The van der Waals surface area contributed by atoms with Crippen molar-refractivity contribution < 1.29 is 9.53 Å². The van der Waals surface area contributed by atoms with E-state index in [1.165, 1.54) is 19.3 Å². The van der Waals surface area contributed by atoms with Crippen LogP contribution in [0.5, 0.6) is 0 Å². The highest BCUT2D eigenvalue weighted by Crippen LogP contribution is 2.65. The van der Waals surface area contributed by atoms with Crippen LogP contribution in [0.1, 0.15) is 65.7 Å². The summed E-state index contributed by atoms with van der Waals surface area (Å²) in [6.45, 7) is 6.47. The molecule has 0 aliphatic heterocycles. The van der Waals surface area contributed by atoms with Gasteiger partial charge in [0, 0.05) is 0 Å². The number of hydrogen-bond donors (Lipinski definition) is 0. The maximum absolute atomic E-state index is 12.6. The zero-order valence-corrected chi connectivity index (χ0v) is 12.5. The van der Waals surface area contributed by atoms with E-state index in [2.05, 4.69) is 20.8 Å². The number of ether oxygens (including phenoxy) is 1. The van der Waals surface area contributed by atoms with E-state index in [1.807, 2.05) is 0 Å². The summed E-state index contributed by atoms with van der Waals surface area (Å²) < 4.78 is 6.17. The molecule has 0 N–H and O–H groups in total. The highest BCUT2D eigenvalue weighted by atomic mass is 16.6. The van der Waals surface area contributed by atoms with Crippen LogP contribution in [0.3, 0.4) is 0 Å². The van der Waals surface area contributed by atoms with Gasteiger partial charge in [-0.15, -0.1) is 0 Å². The third-order valence-electron chi connectivity index (χ3n) is 6.91. The molecular formula is C17H26O2. The Hall–Kier alpha value is -0.530. The van der Waals surface area contributed by atoms with Crippen molar-refractivity contribution >= 4 is 5.97 Å². The minimum absolute atomic E-state index is 0.0620. The fraction of sp³-hybridized carbons (Fsp3) is 0.941. The van der Waals surface area contributed by atoms with Gasteiger partial charge in [0.05, 0.1) is 5.41 Å². The highest BCUT2D eigenvalue weighted by molar-refractivity contribution is 5.81. The van der Waals surface area contributed by atoms with Crippen molar-refractivity contribution in [2.24, 2.45) is 28.6 Å². The molecule has 0 aromatic heterocycles. The molecule has 1 atom stereocenters. The number of carbonyl (C=O) groups is 1. The van der Waals surface area contributed by atoms with E-state index in [9.17, 15) is 4.79 Å². The van der Waals surface area contributed by atoms with E-state index < -0.39 is 0 Å². The van der Waals surface area contributed by atoms with Crippen LogP contribution in [0.2, 0.25) is 0 Å². The fourth-order valence-electron chi connectivity index (χ4n) is 5.65. The summed E-state index contributed by atoms with van der Waals surface area (Å²) in [5, 5.41) is 0. The molecule has 0 amide bonds. The molecule has 106 valence electrons. The van der Waals surface area contributed by atoms with Crippen molar-refractivity contribution in [1.29, 1.82) is 0 Å².